The summed E-state index contributed by atoms with van der Waals surface area (Å²) in [5.74, 6) is 0.172. The summed E-state index contributed by atoms with van der Waals surface area (Å²) in [4.78, 5) is 0.108. The fraction of sp³-hybridized carbons (Fsp3) is 0.188. The molecule has 2 aromatic carbocycles. The predicted molar refractivity (Wildman–Crippen MR) is 87.2 cm³/mol. The average molecular weight is 335 g/mol. The van der Waals surface area contributed by atoms with Crippen molar-refractivity contribution in [2.75, 3.05) is 14.2 Å². The van der Waals surface area contributed by atoms with Gasteiger partial charge in [0, 0.05) is 11.8 Å². The van der Waals surface area contributed by atoms with Gasteiger partial charge in [0.15, 0.2) is 11.5 Å². The number of phenolic OH excluding ortho intramolecular Hbond substituents is 1. The predicted octanol–water partition coefficient (Wildman–Crippen LogP) is 2.53. The normalized spacial score (nSPS) is 11.6. The largest absolute Gasteiger partial charge is 0.502 e. The van der Waals surface area contributed by atoms with Gasteiger partial charge in [-0.05, 0) is 31.2 Å². The molecule has 0 saturated heterocycles. The Morgan fingerprint density at radius 2 is 1.57 bits per heavy atom. The molecule has 0 fully saturated rings. The zero-order valence-electron chi connectivity index (χ0n) is 13.0. The van der Waals surface area contributed by atoms with E-state index >= 15 is 0 Å². The van der Waals surface area contributed by atoms with Crippen LogP contribution in [0.5, 0.6) is 17.2 Å². The Morgan fingerprint density at radius 1 is 1.04 bits per heavy atom. The monoisotopic (exact) mass is 335 g/mol. The SMILES string of the molecule is COc1cc(/C=N\S(=O)(=O)c2ccc(C)cc2)cc(OC)c1O. The molecule has 0 unspecified atom stereocenters. The van der Waals surface area contributed by atoms with E-state index in [4.69, 9.17) is 9.47 Å². The number of rotatable bonds is 5. The molecule has 7 heteroatoms. The van der Waals surface area contributed by atoms with E-state index in [1.807, 2.05) is 6.92 Å². The average Bonchev–Trinajstić information content (AvgIpc) is 2.54. The van der Waals surface area contributed by atoms with Gasteiger partial charge in [-0.2, -0.15) is 12.8 Å². The number of benzene rings is 2. The number of ether oxygens (including phenoxy) is 2. The minimum atomic E-state index is -3.80. The molecule has 2 aromatic rings. The number of phenols is 1. The van der Waals surface area contributed by atoms with E-state index in [9.17, 15) is 13.5 Å². The van der Waals surface area contributed by atoms with Gasteiger partial charge in [-0.3, -0.25) is 0 Å². The van der Waals surface area contributed by atoms with E-state index in [0.717, 1.165) is 5.56 Å². The molecule has 0 aliphatic heterocycles. The molecule has 1 N–H and O–H groups in total. The molecule has 0 atom stereocenters. The lowest BCUT2D eigenvalue weighted by atomic mass is 10.2. The zero-order chi connectivity index (χ0) is 17.0. The van der Waals surface area contributed by atoms with Gasteiger partial charge in [0.05, 0.1) is 19.1 Å². The van der Waals surface area contributed by atoms with Crippen molar-refractivity contribution in [2.24, 2.45) is 4.40 Å². The minimum absolute atomic E-state index is 0.108. The van der Waals surface area contributed by atoms with Crippen LogP contribution in [0, 0.1) is 6.92 Å². The van der Waals surface area contributed by atoms with Gasteiger partial charge in [-0.25, -0.2) is 0 Å². The minimum Gasteiger partial charge on any atom is -0.502 e. The molecule has 0 amide bonds. The number of methoxy groups -OCH3 is 2. The highest BCUT2D eigenvalue weighted by molar-refractivity contribution is 7.90. The second kappa shape index (κ2) is 6.70. The first-order valence-electron chi connectivity index (χ1n) is 6.69. The first-order valence-corrected chi connectivity index (χ1v) is 8.13. The van der Waals surface area contributed by atoms with Crippen LogP contribution in [0.2, 0.25) is 0 Å². The molecule has 6 nitrogen and oxygen atoms in total. The quantitative estimate of drug-likeness (QED) is 0.849. The van der Waals surface area contributed by atoms with Crippen molar-refractivity contribution in [3.05, 3.63) is 47.5 Å². The van der Waals surface area contributed by atoms with Crippen molar-refractivity contribution in [2.45, 2.75) is 11.8 Å². The van der Waals surface area contributed by atoms with Crippen LogP contribution in [0.3, 0.4) is 0 Å². The second-order valence-corrected chi connectivity index (χ2v) is 6.43. The smallest absolute Gasteiger partial charge is 0.282 e. The van der Waals surface area contributed by atoms with E-state index in [1.165, 1.54) is 44.7 Å². The summed E-state index contributed by atoms with van der Waals surface area (Å²) in [5.41, 5.74) is 1.38. The zero-order valence-corrected chi connectivity index (χ0v) is 13.8. The standard InChI is InChI=1S/C16H17NO5S/c1-11-4-6-13(7-5-11)23(19,20)17-10-12-8-14(21-2)16(18)15(9-12)22-3/h4-10,18H,1-3H3/b17-10-. The molecule has 0 radical (unpaired) electrons. The molecule has 0 aliphatic rings. The van der Waals surface area contributed by atoms with E-state index in [0.29, 0.717) is 5.56 Å². The highest BCUT2D eigenvalue weighted by atomic mass is 32.2. The van der Waals surface area contributed by atoms with Crippen molar-refractivity contribution in [3.8, 4) is 17.2 Å². The fourth-order valence-corrected chi connectivity index (χ4v) is 2.75. The molecule has 0 aromatic heterocycles. The molecule has 122 valence electrons. The first kappa shape index (κ1) is 16.8. The molecule has 0 aliphatic carbocycles. The summed E-state index contributed by atoms with van der Waals surface area (Å²) in [6.45, 7) is 1.87. The highest BCUT2D eigenvalue weighted by Gasteiger charge is 2.13. The molecule has 0 heterocycles. The van der Waals surface area contributed by atoms with Crippen LogP contribution < -0.4 is 9.47 Å². The Hall–Kier alpha value is -2.54. The first-order chi connectivity index (χ1) is 10.9. The van der Waals surface area contributed by atoms with Gasteiger partial charge in [-0.1, -0.05) is 17.7 Å². The number of hydrogen-bond acceptors (Lipinski definition) is 5. The van der Waals surface area contributed by atoms with Gasteiger partial charge in [0.1, 0.15) is 0 Å². The Bertz CT molecular complexity index is 801. The maximum atomic E-state index is 12.2. The Balaban J connectivity index is 2.37. The van der Waals surface area contributed by atoms with Crippen LogP contribution in [0.15, 0.2) is 45.7 Å². The lowest BCUT2D eigenvalue weighted by Gasteiger charge is -2.09. The van der Waals surface area contributed by atoms with Gasteiger partial charge in [0.25, 0.3) is 10.0 Å². The third-order valence-electron chi connectivity index (χ3n) is 3.16. The summed E-state index contributed by atoms with van der Waals surface area (Å²) in [6, 6.07) is 9.34. The topological polar surface area (TPSA) is 85.2 Å². The highest BCUT2D eigenvalue weighted by Crippen LogP contribution is 2.36. The number of hydrogen-bond donors (Lipinski definition) is 1. The summed E-state index contributed by atoms with van der Waals surface area (Å²) < 4.78 is 38.1. The van der Waals surface area contributed by atoms with Crippen molar-refractivity contribution in [1.29, 1.82) is 0 Å². The Kier molecular flexibility index (Phi) is 4.90. The third kappa shape index (κ3) is 3.81. The van der Waals surface area contributed by atoms with Crippen molar-refractivity contribution in [3.63, 3.8) is 0 Å². The second-order valence-electron chi connectivity index (χ2n) is 4.80. The number of aromatic hydroxyl groups is 1. The molecule has 0 spiro atoms. The summed E-state index contributed by atoms with van der Waals surface area (Å²) in [5, 5.41) is 9.83. The Labute approximate surface area is 135 Å². The lowest BCUT2D eigenvalue weighted by Crippen LogP contribution is -1.98. The summed E-state index contributed by atoms with van der Waals surface area (Å²) in [7, 11) is -1.02. The Morgan fingerprint density at radius 3 is 2.04 bits per heavy atom. The van der Waals surface area contributed by atoms with Crippen LogP contribution in [0.25, 0.3) is 0 Å². The van der Waals surface area contributed by atoms with Crippen LogP contribution in [0.4, 0.5) is 0 Å². The van der Waals surface area contributed by atoms with E-state index in [1.54, 1.807) is 12.1 Å². The summed E-state index contributed by atoms with van der Waals surface area (Å²) in [6.07, 6.45) is 1.18. The molecule has 0 bridgehead atoms. The van der Waals surface area contributed by atoms with Crippen LogP contribution in [-0.2, 0) is 10.0 Å². The van der Waals surface area contributed by atoms with Crippen LogP contribution in [-0.4, -0.2) is 34.0 Å². The van der Waals surface area contributed by atoms with Crippen molar-refractivity contribution >= 4 is 16.2 Å². The molecular weight excluding hydrogens is 318 g/mol. The van der Waals surface area contributed by atoms with E-state index in [2.05, 4.69) is 4.40 Å². The number of aryl methyl sites for hydroxylation is 1. The molecule has 23 heavy (non-hydrogen) atoms. The van der Waals surface area contributed by atoms with E-state index in [-0.39, 0.29) is 22.1 Å². The molecule has 0 saturated carbocycles. The van der Waals surface area contributed by atoms with Gasteiger partial charge >= 0.3 is 0 Å². The number of nitrogens with zero attached hydrogens (tertiary/aromatic N) is 1. The van der Waals surface area contributed by atoms with Crippen LogP contribution >= 0.6 is 0 Å². The fourth-order valence-electron chi connectivity index (χ4n) is 1.89. The van der Waals surface area contributed by atoms with Gasteiger partial charge in [0.2, 0.25) is 5.75 Å². The summed E-state index contributed by atoms with van der Waals surface area (Å²) >= 11 is 0. The third-order valence-corrected chi connectivity index (χ3v) is 4.41. The molecular formula is C16H17NO5S. The number of sulfonamides is 1. The van der Waals surface area contributed by atoms with Gasteiger partial charge < -0.3 is 14.6 Å². The van der Waals surface area contributed by atoms with Crippen molar-refractivity contribution < 1.29 is 23.0 Å². The van der Waals surface area contributed by atoms with Crippen molar-refractivity contribution in [1.82, 2.24) is 0 Å². The maximum Gasteiger partial charge on any atom is 0.282 e. The maximum absolute atomic E-state index is 12.2. The van der Waals surface area contributed by atoms with Crippen LogP contribution in [0.1, 0.15) is 11.1 Å². The van der Waals surface area contributed by atoms with Gasteiger partial charge in [-0.15, -0.1) is 0 Å². The molecule has 2 rings (SSSR count). The van der Waals surface area contributed by atoms with E-state index < -0.39 is 10.0 Å². The lowest BCUT2D eigenvalue weighted by molar-refractivity contribution is 0.340.